The molecule has 0 radical (unpaired) electrons. The second kappa shape index (κ2) is 6.44. The fraction of sp³-hybridized carbons (Fsp3) is 0.250. The van der Waals surface area contributed by atoms with Crippen molar-refractivity contribution in [2.75, 3.05) is 6.54 Å². The number of halogens is 1. The van der Waals surface area contributed by atoms with Crippen LogP contribution in [0.25, 0.3) is 0 Å². The van der Waals surface area contributed by atoms with Crippen LogP contribution in [-0.4, -0.2) is 26.0 Å². The van der Waals surface area contributed by atoms with Crippen molar-refractivity contribution in [2.45, 2.75) is 17.7 Å². The van der Waals surface area contributed by atoms with Crippen molar-refractivity contribution in [3.8, 4) is 0 Å². The first-order valence-corrected chi connectivity index (χ1v) is 7.00. The van der Waals surface area contributed by atoms with Crippen LogP contribution in [0.3, 0.4) is 0 Å². The largest absolute Gasteiger partial charge is 0.478 e. The summed E-state index contributed by atoms with van der Waals surface area (Å²) < 4.78 is 39.1. The summed E-state index contributed by atoms with van der Waals surface area (Å²) >= 11 is 0. The fourth-order valence-electron chi connectivity index (χ4n) is 1.37. The normalized spacial score (nSPS) is 11.2. The van der Waals surface area contributed by atoms with Gasteiger partial charge in [0.05, 0.1) is 10.5 Å². The summed E-state index contributed by atoms with van der Waals surface area (Å²) in [6.45, 7) is 3.71. The number of carbonyl (C=O) groups is 1. The van der Waals surface area contributed by atoms with Gasteiger partial charge in [-0.3, -0.25) is 0 Å². The number of sulfonamides is 1. The van der Waals surface area contributed by atoms with Crippen LogP contribution < -0.4 is 4.72 Å². The van der Waals surface area contributed by atoms with Gasteiger partial charge in [0, 0.05) is 6.54 Å². The first-order chi connectivity index (χ1) is 8.88. The minimum atomic E-state index is -3.83. The summed E-state index contributed by atoms with van der Waals surface area (Å²) in [5.74, 6) is -2.49. The molecular formula is C12H14FNO4S. The molecule has 0 atom stereocenters. The number of nitrogens with one attached hydrogen (secondary N) is 1. The van der Waals surface area contributed by atoms with E-state index < -0.39 is 27.4 Å². The zero-order chi connectivity index (χ0) is 14.5. The number of hydrogen-bond acceptors (Lipinski definition) is 3. The van der Waals surface area contributed by atoms with Crippen molar-refractivity contribution in [1.29, 1.82) is 0 Å². The molecule has 0 unspecified atom stereocenters. The summed E-state index contributed by atoms with van der Waals surface area (Å²) in [5, 5.41) is 8.74. The average Bonchev–Trinajstić information content (AvgIpc) is 2.34. The molecule has 0 amide bonds. The molecule has 1 rings (SSSR count). The van der Waals surface area contributed by atoms with E-state index in [4.69, 9.17) is 5.11 Å². The summed E-state index contributed by atoms with van der Waals surface area (Å²) in [4.78, 5) is 10.5. The van der Waals surface area contributed by atoms with E-state index in [0.29, 0.717) is 12.8 Å². The number of benzene rings is 1. The molecule has 0 aromatic heterocycles. The molecule has 2 N–H and O–H groups in total. The smallest absolute Gasteiger partial charge is 0.338 e. The molecule has 0 aliphatic heterocycles. The van der Waals surface area contributed by atoms with E-state index in [1.165, 1.54) is 0 Å². The molecule has 0 saturated heterocycles. The lowest BCUT2D eigenvalue weighted by molar-refractivity contribution is 0.0691. The lowest BCUT2D eigenvalue weighted by Gasteiger charge is -2.07. The predicted molar refractivity (Wildman–Crippen MR) is 68.0 cm³/mol. The highest BCUT2D eigenvalue weighted by Gasteiger charge is 2.18. The van der Waals surface area contributed by atoms with Crippen LogP contribution in [0.1, 0.15) is 23.2 Å². The van der Waals surface area contributed by atoms with Crippen LogP contribution in [0, 0.1) is 5.82 Å². The van der Waals surface area contributed by atoms with Gasteiger partial charge in [-0.1, -0.05) is 6.08 Å². The highest BCUT2D eigenvalue weighted by Crippen LogP contribution is 2.15. The monoisotopic (exact) mass is 287 g/mol. The number of unbranched alkanes of at least 4 members (excludes halogenated alkanes) is 1. The Morgan fingerprint density at radius 3 is 2.74 bits per heavy atom. The van der Waals surface area contributed by atoms with E-state index >= 15 is 0 Å². The first kappa shape index (κ1) is 15.3. The third kappa shape index (κ3) is 4.15. The molecule has 0 fully saturated rings. The molecule has 0 spiro atoms. The second-order valence-electron chi connectivity index (χ2n) is 3.78. The molecule has 0 aliphatic carbocycles. The number of carboxylic acids is 1. The van der Waals surface area contributed by atoms with Crippen molar-refractivity contribution in [2.24, 2.45) is 0 Å². The fourth-order valence-corrected chi connectivity index (χ4v) is 2.47. The minimum absolute atomic E-state index is 0.203. The number of hydrogen-bond donors (Lipinski definition) is 2. The maximum absolute atomic E-state index is 13.2. The standard InChI is InChI=1S/C12H14FNO4S/c1-2-3-4-7-14-19(17,18)9-5-6-11(13)10(8-9)12(15)16/h2,5-6,8,14H,1,3-4,7H2,(H,15,16). The van der Waals surface area contributed by atoms with Gasteiger partial charge in [0.2, 0.25) is 10.0 Å². The quantitative estimate of drug-likeness (QED) is 0.591. The maximum Gasteiger partial charge on any atom is 0.338 e. The SMILES string of the molecule is C=CCCCNS(=O)(=O)c1ccc(F)c(C(=O)O)c1. The Morgan fingerprint density at radius 1 is 1.47 bits per heavy atom. The molecule has 0 heterocycles. The number of rotatable bonds is 7. The average molecular weight is 287 g/mol. The van der Waals surface area contributed by atoms with Crippen LogP contribution in [0.2, 0.25) is 0 Å². The molecule has 0 aliphatic rings. The molecule has 7 heteroatoms. The Hall–Kier alpha value is -1.73. The summed E-state index contributed by atoms with van der Waals surface area (Å²) in [6.07, 6.45) is 2.90. The van der Waals surface area contributed by atoms with E-state index in [2.05, 4.69) is 11.3 Å². The van der Waals surface area contributed by atoms with Gasteiger partial charge in [0.15, 0.2) is 0 Å². The Morgan fingerprint density at radius 2 is 2.16 bits per heavy atom. The summed E-state index contributed by atoms with van der Waals surface area (Å²) in [7, 11) is -3.83. The predicted octanol–water partition coefficient (Wildman–Crippen LogP) is 1.77. The minimum Gasteiger partial charge on any atom is -0.478 e. The van der Waals surface area contributed by atoms with E-state index in [1.807, 2.05) is 0 Å². The van der Waals surface area contributed by atoms with Crippen LogP contribution >= 0.6 is 0 Å². The number of aromatic carboxylic acids is 1. The van der Waals surface area contributed by atoms with Crippen LogP contribution in [0.5, 0.6) is 0 Å². The van der Waals surface area contributed by atoms with Gasteiger partial charge in [0.25, 0.3) is 0 Å². The van der Waals surface area contributed by atoms with Gasteiger partial charge in [-0.2, -0.15) is 0 Å². The molecule has 0 saturated carbocycles. The zero-order valence-electron chi connectivity index (χ0n) is 10.1. The molecular weight excluding hydrogens is 273 g/mol. The van der Waals surface area contributed by atoms with E-state index in [0.717, 1.165) is 18.2 Å². The van der Waals surface area contributed by atoms with E-state index in [1.54, 1.807) is 6.08 Å². The van der Waals surface area contributed by atoms with Gasteiger partial charge in [-0.25, -0.2) is 22.3 Å². The second-order valence-corrected chi connectivity index (χ2v) is 5.54. The Labute approximate surface area is 110 Å². The lowest BCUT2D eigenvalue weighted by Crippen LogP contribution is -2.25. The first-order valence-electron chi connectivity index (χ1n) is 5.52. The van der Waals surface area contributed by atoms with Gasteiger partial charge in [-0.15, -0.1) is 6.58 Å². The van der Waals surface area contributed by atoms with Crippen molar-refractivity contribution in [3.05, 3.63) is 42.2 Å². The highest BCUT2D eigenvalue weighted by molar-refractivity contribution is 7.89. The third-order valence-corrected chi connectivity index (χ3v) is 3.81. The topological polar surface area (TPSA) is 83.5 Å². The number of carboxylic acid groups (broad SMARTS) is 1. The van der Waals surface area contributed by atoms with Gasteiger partial charge in [0.1, 0.15) is 5.82 Å². The van der Waals surface area contributed by atoms with Gasteiger partial charge in [-0.05, 0) is 31.0 Å². The van der Waals surface area contributed by atoms with Gasteiger partial charge < -0.3 is 5.11 Å². The number of allylic oxidation sites excluding steroid dienone is 1. The molecule has 5 nitrogen and oxygen atoms in total. The van der Waals surface area contributed by atoms with Crippen molar-refractivity contribution in [1.82, 2.24) is 4.72 Å². The Kier molecular flexibility index (Phi) is 5.20. The van der Waals surface area contributed by atoms with Gasteiger partial charge >= 0.3 is 5.97 Å². The van der Waals surface area contributed by atoms with Crippen LogP contribution in [0.15, 0.2) is 35.7 Å². The van der Waals surface area contributed by atoms with E-state index in [-0.39, 0.29) is 11.4 Å². The summed E-state index contributed by atoms with van der Waals surface area (Å²) in [6, 6.07) is 2.65. The molecule has 19 heavy (non-hydrogen) atoms. The maximum atomic E-state index is 13.2. The van der Waals surface area contributed by atoms with Crippen molar-refractivity contribution < 1.29 is 22.7 Å². The van der Waals surface area contributed by atoms with Crippen molar-refractivity contribution >= 4 is 16.0 Å². The summed E-state index contributed by atoms with van der Waals surface area (Å²) in [5.41, 5.74) is -0.672. The lowest BCUT2D eigenvalue weighted by atomic mass is 10.2. The van der Waals surface area contributed by atoms with Crippen molar-refractivity contribution in [3.63, 3.8) is 0 Å². The molecule has 0 bridgehead atoms. The molecule has 1 aromatic rings. The molecule has 1 aromatic carbocycles. The Bertz CT molecular complexity index is 583. The zero-order valence-corrected chi connectivity index (χ0v) is 10.9. The Balaban J connectivity index is 2.92. The van der Waals surface area contributed by atoms with Crippen LogP contribution in [-0.2, 0) is 10.0 Å². The molecule has 104 valence electrons. The third-order valence-electron chi connectivity index (χ3n) is 2.36. The van der Waals surface area contributed by atoms with E-state index in [9.17, 15) is 17.6 Å². The van der Waals surface area contributed by atoms with Crippen LogP contribution in [0.4, 0.5) is 4.39 Å². The highest BCUT2D eigenvalue weighted by atomic mass is 32.2.